The van der Waals surface area contributed by atoms with Crippen molar-refractivity contribution in [1.29, 1.82) is 0 Å². The molecule has 0 saturated carbocycles. The molecule has 1 aromatic rings. The highest BCUT2D eigenvalue weighted by molar-refractivity contribution is 9.10. The number of rotatable bonds is 3. The largest absolute Gasteiger partial charge is 0.478 e. The monoisotopic (exact) mass is 329 g/mol. The molecule has 0 saturated heterocycles. The first-order chi connectivity index (χ1) is 7.76. The molecule has 0 radical (unpaired) electrons. The number of carbonyl (C=O) groups is 2. The summed E-state index contributed by atoms with van der Waals surface area (Å²) in [6.07, 6.45) is 1.11. The van der Waals surface area contributed by atoms with E-state index in [1.165, 1.54) is 0 Å². The van der Waals surface area contributed by atoms with Crippen LogP contribution in [0.1, 0.15) is 20.7 Å². The highest BCUT2D eigenvalue weighted by atomic mass is 79.9. The molecule has 1 aromatic heterocycles. The number of thioether (sulfide) groups is 1. The van der Waals surface area contributed by atoms with Crippen LogP contribution in [-0.4, -0.2) is 27.9 Å². The number of hydrogen-bond donors (Lipinski definition) is 1. The molecule has 0 fully saturated rings. The van der Waals surface area contributed by atoms with Gasteiger partial charge in [-0.25, -0.2) is 9.78 Å². The number of pyridine rings is 1. The van der Waals surface area contributed by atoms with Gasteiger partial charge in [-0.3, -0.25) is 4.79 Å². The molecule has 1 heterocycles. The lowest BCUT2D eigenvalue weighted by atomic mass is 10.1. The van der Waals surface area contributed by atoms with Crippen molar-refractivity contribution < 1.29 is 27.9 Å². The van der Waals surface area contributed by atoms with Crippen LogP contribution in [0.2, 0.25) is 0 Å². The Labute approximate surface area is 105 Å². The van der Waals surface area contributed by atoms with Crippen LogP contribution in [0.4, 0.5) is 13.2 Å². The Hall–Kier alpha value is -1.09. The van der Waals surface area contributed by atoms with E-state index in [0.29, 0.717) is 0 Å². The fraction of sp³-hybridized carbons (Fsp3) is 0.125. The number of aromatic nitrogens is 1. The minimum Gasteiger partial charge on any atom is -0.478 e. The lowest BCUT2D eigenvalue weighted by Crippen LogP contribution is -2.10. The summed E-state index contributed by atoms with van der Waals surface area (Å²) in [6, 6.07) is 0. The highest BCUT2D eigenvalue weighted by Crippen LogP contribution is 2.38. The predicted molar refractivity (Wildman–Crippen MR) is 56.2 cm³/mol. The van der Waals surface area contributed by atoms with Gasteiger partial charge in [-0.1, -0.05) is 0 Å². The number of halogens is 4. The highest BCUT2D eigenvalue weighted by Gasteiger charge is 2.33. The molecule has 0 bridgehead atoms. The molecule has 0 atom stereocenters. The summed E-state index contributed by atoms with van der Waals surface area (Å²) in [5, 5.41) is 8.03. The third-order valence-electron chi connectivity index (χ3n) is 1.58. The summed E-state index contributed by atoms with van der Waals surface area (Å²) < 4.78 is 36.5. The van der Waals surface area contributed by atoms with Crippen LogP contribution in [0.25, 0.3) is 0 Å². The molecular weight excluding hydrogens is 327 g/mol. The molecule has 92 valence electrons. The number of hydrogen-bond acceptors (Lipinski definition) is 4. The Morgan fingerprint density at radius 1 is 1.53 bits per heavy atom. The minimum absolute atomic E-state index is 0.0245. The van der Waals surface area contributed by atoms with E-state index in [1.807, 2.05) is 0 Å². The number of carbonyl (C=O) groups excluding carboxylic acids is 1. The van der Waals surface area contributed by atoms with E-state index in [9.17, 15) is 22.8 Å². The standard InChI is InChI=1S/C8H3BrF3NO3S/c9-4-1-13-6(17-8(10,11)12)5(7(15)16)3(4)2-14/h1-2H,(H,15,16). The van der Waals surface area contributed by atoms with Gasteiger partial charge in [0.05, 0.1) is 0 Å². The van der Waals surface area contributed by atoms with E-state index >= 15 is 0 Å². The van der Waals surface area contributed by atoms with Crippen molar-refractivity contribution >= 4 is 39.9 Å². The van der Waals surface area contributed by atoms with Crippen LogP contribution >= 0.6 is 27.7 Å². The van der Waals surface area contributed by atoms with Crippen molar-refractivity contribution in [3.05, 3.63) is 21.8 Å². The Morgan fingerprint density at radius 2 is 2.12 bits per heavy atom. The average molecular weight is 330 g/mol. The molecule has 0 aliphatic rings. The molecule has 0 unspecified atom stereocenters. The van der Waals surface area contributed by atoms with E-state index in [0.717, 1.165) is 6.20 Å². The van der Waals surface area contributed by atoms with Gasteiger partial charge >= 0.3 is 11.5 Å². The number of aromatic carboxylic acids is 1. The van der Waals surface area contributed by atoms with Gasteiger partial charge in [0.15, 0.2) is 6.29 Å². The normalized spacial score (nSPS) is 11.3. The van der Waals surface area contributed by atoms with Crippen molar-refractivity contribution in [3.8, 4) is 0 Å². The van der Waals surface area contributed by atoms with Gasteiger partial charge in [-0.15, -0.1) is 0 Å². The Morgan fingerprint density at radius 3 is 2.53 bits per heavy atom. The SMILES string of the molecule is O=Cc1c(Br)cnc(SC(F)(F)F)c1C(=O)O. The van der Waals surface area contributed by atoms with Gasteiger partial charge < -0.3 is 5.11 Å². The van der Waals surface area contributed by atoms with Crippen LogP contribution < -0.4 is 0 Å². The van der Waals surface area contributed by atoms with E-state index in [4.69, 9.17) is 5.11 Å². The molecule has 0 aliphatic carbocycles. The zero-order valence-electron chi connectivity index (χ0n) is 7.79. The number of carboxylic acid groups (broad SMARTS) is 1. The summed E-state index contributed by atoms with van der Waals surface area (Å²) in [6.45, 7) is 0. The summed E-state index contributed by atoms with van der Waals surface area (Å²) in [7, 11) is 0. The fourth-order valence-corrected chi connectivity index (χ4v) is 2.01. The summed E-state index contributed by atoms with van der Waals surface area (Å²) >= 11 is 2.16. The van der Waals surface area contributed by atoms with Crippen LogP contribution in [-0.2, 0) is 0 Å². The Bertz CT molecular complexity index is 478. The second-order valence-corrected chi connectivity index (χ2v) is 4.58. The lowest BCUT2D eigenvalue weighted by Gasteiger charge is -2.09. The van der Waals surface area contributed by atoms with Crippen LogP contribution in [0.5, 0.6) is 0 Å². The second-order valence-electron chi connectivity index (χ2n) is 2.67. The second kappa shape index (κ2) is 5.05. The molecule has 1 N–H and O–H groups in total. The van der Waals surface area contributed by atoms with Gasteiger partial charge in [0.1, 0.15) is 10.6 Å². The number of carboxylic acids is 1. The van der Waals surface area contributed by atoms with Gasteiger partial charge in [0, 0.05) is 28.0 Å². The van der Waals surface area contributed by atoms with E-state index in [2.05, 4.69) is 20.9 Å². The van der Waals surface area contributed by atoms with Crippen LogP contribution in [0.3, 0.4) is 0 Å². The lowest BCUT2D eigenvalue weighted by molar-refractivity contribution is -0.0329. The first kappa shape index (κ1) is 14.0. The van der Waals surface area contributed by atoms with Crippen LogP contribution in [0.15, 0.2) is 15.7 Å². The van der Waals surface area contributed by atoms with Crippen molar-refractivity contribution in [1.82, 2.24) is 4.98 Å². The first-order valence-electron chi connectivity index (χ1n) is 3.89. The summed E-state index contributed by atoms with van der Waals surface area (Å²) in [4.78, 5) is 24.8. The van der Waals surface area contributed by atoms with E-state index in [-0.39, 0.29) is 16.3 Å². The van der Waals surface area contributed by atoms with E-state index < -0.39 is 33.8 Å². The van der Waals surface area contributed by atoms with Crippen molar-refractivity contribution in [3.63, 3.8) is 0 Å². The fourth-order valence-electron chi connectivity index (χ4n) is 0.993. The molecule has 9 heteroatoms. The van der Waals surface area contributed by atoms with Crippen molar-refractivity contribution in [2.24, 2.45) is 0 Å². The van der Waals surface area contributed by atoms with Crippen molar-refractivity contribution in [2.75, 3.05) is 0 Å². The third kappa shape index (κ3) is 3.43. The molecule has 17 heavy (non-hydrogen) atoms. The quantitative estimate of drug-likeness (QED) is 0.682. The van der Waals surface area contributed by atoms with Gasteiger partial charge in [-0.2, -0.15) is 13.2 Å². The Kier molecular flexibility index (Phi) is 4.15. The molecular formula is C8H3BrF3NO3S. The molecule has 0 spiro atoms. The maximum atomic E-state index is 12.2. The average Bonchev–Trinajstić information content (AvgIpc) is 2.17. The zero-order chi connectivity index (χ0) is 13.2. The molecule has 4 nitrogen and oxygen atoms in total. The maximum absolute atomic E-state index is 12.2. The van der Waals surface area contributed by atoms with Gasteiger partial charge in [-0.05, 0) is 15.9 Å². The molecule has 0 amide bonds. The third-order valence-corrected chi connectivity index (χ3v) is 2.95. The molecule has 1 rings (SSSR count). The summed E-state index contributed by atoms with van der Waals surface area (Å²) in [5.41, 5.74) is -5.82. The van der Waals surface area contributed by atoms with Gasteiger partial charge in [0.2, 0.25) is 0 Å². The van der Waals surface area contributed by atoms with Crippen molar-refractivity contribution in [2.45, 2.75) is 10.5 Å². The predicted octanol–water partition coefficient (Wildman–Crippen LogP) is 2.97. The first-order valence-corrected chi connectivity index (χ1v) is 5.50. The van der Waals surface area contributed by atoms with Crippen LogP contribution in [0, 0.1) is 0 Å². The van der Waals surface area contributed by atoms with Gasteiger partial charge in [0.25, 0.3) is 0 Å². The minimum atomic E-state index is -4.68. The Balaban J connectivity index is 3.41. The maximum Gasteiger partial charge on any atom is 0.447 e. The number of nitrogens with zero attached hydrogens (tertiary/aromatic N) is 1. The topological polar surface area (TPSA) is 67.3 Å². The smallest absolute Gasteiger partial charge is 0.447 e. The number of alkyl halides is 3. The molecule has 0 aliphatic heterocycles. The van der Waals surface area contributed by atoms with E-state index in [1.54, 1.807) is 0 Å². The zero-order valence-corrected chi connectivity index (χ0v) is 10.2. The molecule has 0 aromatic carbocycles. The number of aldehydes is 1. The summed E-state index contributed by atoms with van der Waals surface area (Å²) in [5.74, 6) is -1.65.